The van der Waals surface area contributed by atoms with Crippen LogP contribution < -0.4 is 10.3 Å². The number of methoxy groups -OCH3 is 1. The van der Waals surface area contributed by atoms with Crippen LogP contribution in [0.5, 0.6) is 5.75 Å². The maximum atomic E-state index is 13.2. The van der Waals surface area contributed by atoms with Gasteiger partial charge < -0.3 is 4.74 Å². The fraction of sp³-hybridized carbons (Fsp3) is 0.158. The Morgan fingerprint density at radius 1 is 1.28 bits per heavy atom. The molecule has 128 valence electrons. The molecule has 0 aliphatic heterocycles. The van der Waals surface area contributed by atoms with Gasteiger partial charge in [-0.25, -0.2) is 4.98 Å². The van der Waals surface area contributed by atoms with E-state index in [0.717, 1.165) is 20.6 Å². The first-order valence-corrected chi connectivity index (χ1v) is 9.70. The smallest absolute Gasteiger partial charge is 0.266 e. The maximum absolute atomic E-state index is 13.2. The first-order chi connectivity index (χ1) is 12.0. The Bertz CT molecular complexity index is 997. The van der Waals surface area contributed by atoms with Gasteiger partial charge in [0.25, 0.3) is 5.56 Å². The molecule has 3 rings (SSSR count). The number of halogens is 1. The summed E-state index contributed by atoms with van der Waals surface area (Å²) in [4.78, 5) is 17.9. The van der Waals surface area contributed by atoms with Gasteiger partial charge in [0, 0.05) is 9.32 Å². The molecule has 0 N–H and O–H groups in total. The number of benzene rings is 2. The van der Waals surface area contributed by atoms with Gasteiger partial charge in [-0.2, -0.15) is 0 Å². The molecule has 0 aliphatic rings. The number of rotatable bonds is 5. The molecular weight excluding hydrogens is 447 g/mol. The van der Waals surface area contributed by atoms with Crippen LogP contribution in [0, 0.1) is 3.57 Å². The summed E-state index contributed by atoms with van der Waals surface area (Å²) in [5.41, 5.74) is 2.43. The number of hydrogen-bond acceptors (Lipinski definition) is 4. The zero-order valence-electron chi connectivity index (χ0n) is 14.0. The summed E-state index contributed by atoms with van der Waals surface area (Å²) in [5, 5.41) is 1.27. The van der Waals surface area contributed by atoms with Crippen molar-refractivity contribution in [2.24, 2.45) is 0 Å². The number of nitrogens with zero attached hydrogens (tertiary/aromatic N) is 2. The van der Waals surface area contributed by atoms with Crippen LogP contribution in [-0.4, -0.2) is 22.4 Å². The Kier molecular flexibility index (Phi) is 5.48. The van der Waals surface area contributed by atoms with Crippen LogP contribution >= 0.6 is 34.4 Å². The summed E-state index contributed by atoms with van der Waals surface area (Å²) < 4.78 is 7.87. The lowest BCUT2D eigenvalue weighted by Crippen LogP contribution is -2.22. The van der Waals surface area contributed by atoms with E-state index in [1.54, 1.807) is 11.7 Å². The van der Waals surface area contributed by atoms with Crippen molar-refractivity contribution in [1.29, 1.82) is 0 Å². The first kappa shape index (κ1) is 18.0. The molecule has 0 saturated heterocycles. The Hall–Kier alpha value is -1.80. The second-order valence-corrected chi connectivity index (χ2v) is 7.83. The predicted octanol–water partition coefficient (Wildman–Crippen LogP) is 4.67. The van der Waals surface area contributed by atoms with E-state index in [4.69, 9.17) is 9.72 Å². The van der Waals surface area contributed by atoms with Gasteiger partial charge >= 0.3 is 0 Å². The molecule has 0 radical (unpaired) electrons. The fourth-order valence-electron chi connectivity index (χ4n) is 2.38. The molecule has 1 heterocycles. The van der Waals surface area contributed by atoms with Crippen LogP contribution in [0.2, 0.25) is 0 Å². The summed E-state index contributed by atoms with van der Waals surface area (Å²) in [5.74, 6) is 1.45. The molecule has 1 aromatic heterocycles. The number of fused-ring (bicyclic) bond motifs is 1. The second kappa shape index (κ2) is 7.61. The highest BCUT2D eigenvalue weighted by Crippen LogP contribution is 2.24. The highest BCUT2D eigenvalue weighted by Gasteiger charge is 2.14. The molecule has 0 amide bonds. The zero-order chi connectivity index (χ0) is 18.0. The molecule has 3 aromatic rings. The molecule has 0 spiro atoms. The fourth-order valence-corrected chi connectivity index (χ4v) is 3.73. The SMILES string of the molecule is C=C(C)CSc1nc2ccc(I)cc2c(=O)n1-c1ccc(OC)cc1. The average Bonchev–Trinajstić information content (AvgIpc) is 2.61. The molecule has 0 unspecified atom stereocenters. The lowest BCUT2D eigenvalue weighted by Gasteiger charge is -2.14. The number of thioether (sulfide) groups is 1. The van der Waals surface area contributed by atoms with Crippen molar-refractivity contribution in [2.45, 2.75) is 12.1 Å². The van der Waals surface area contributed by atoms with Crippen LogP contribution in [0.25, 0.3) is 16.6 Å². The van der Waals surface area contributed by atoms with E-state index in [1.807, 2.05) is 49.4 Å². The van der Waals surface area contributed by atoms with Crippen molar-refractivity contribution >= 4 is 45.3 Å². The van der Waals surface area contributed by atoms with Gasteiger partial charge in [-0.05, 0) is 72.0 Å². The zero-order valence-corrected chi connectivity index (χ0v) is 16.9. The Morgan fingerprint density at radius 3 is 2.64 bits per heavy atom. The van der Waals surface area contributed by atoms with E-state index in [2.05, 4.69) is 29.2 Å². The van der Waals surface area contributed by atoms with Crippen molar-refractivity contribution in [1.82, 2.24) is 9.55 Å². The molecule has 2 aromatic carbocycles. The highest BCUT2D eigenvalue weighted by atomic mass is 127. The minimum atomic E-state index is -0.0714. The standard InChI is InChI=1S/C19H17IN2O2S/c1-12(2)11-25-19-21-17-9-4-13(20)10-16(17)18(23)22(19)14-5-7-15(24-3)8-6-14/h4-10H,1,11H2,2-3H3. The van der Waals surface area contributed by atoms with Crippen molar-refractivity contribution in [3.8, 4) is 11.4 Å². The molecule has 4 nitrogen and oxygen atoms in total. The predicted molar refractivity (Wildman–Crippen MR) is 112 cm³/mol. The van der Waals surface area contributed by atoms with Gasteiger partial charge in [-0.1, -0.05) is 23.9 Å². The minimum Gasteiger partial charge on any atom is -0.497 e. The molecule has 0 saturated carbocycles. The van der Waals surface area contributed by atoms with Crippen LogP contribution in [0.1, 0.15) is 6.92 Å². The van der Waals surface area contributed by atoms with E-state index >= 15 is 0 Å². The second-order valence-electron chi connectivity index (χ2n) is 5.64. The quantitative estimate of drug-likeness (QED) is 0.238. The number of ether oxygens (including phenoxy) is 1. The van der Waals surface area contributed by atoms with E-state index in [1.165, 1.54) is 11.8 Å². The van der Waals surface area contributed by atoms with E-state index < -0.39 is 0 Å². The van der Waals surface area contributed by atoms with Gasteiger partial charge in [0.15, 0.2) is 5.16 Å². The molecule has 0 bridgehead atoms. The normalized spacial score (nSPS) is 10.8. The molecular formula is C19H17IN2O2S. The lowest BCUT2D eigenvalue weighted by atomic mass is 10.2. The van der Waals surface area contributed by atoms with Gasteiger partial charge in [-0.3, -0.25) is 9.36 Å². The molecule has 0 fully saturated rings. The summed E-state index contributed by atoms with van der Waals surface area (Å²) in [6, 6.07) is 13.1. The third kappa shape index (κ3) is 3.90. The molecule has 0 aliphatic carbocycles. The highest BCUT2D eigenvalue weighted by molar-refractivity contribution is 14.1. The van der Waals surface area contributed by atoms with Crippen LogP contribution in [0.4, 0.5) is 0 Å². The number of aromatic nitrogens is 2. The largest absolute Gasteiger partial charge is 0.497 e. The van der Waals surface area contributed by atoms with Crippen molar-refractivity contribution in [3.05, 3.63) is 68.5 Å². The van der Waals surface area contributed by atoms with E-state index in [0.29, 0.717) is 21.8 Å². The Morgan fingerprint density at radius 2 is 2.00 bits per heavy atom. The summed E-state index contributed by atoms with van der Waals surface area (Å²) in [6.45, 7) is 5.90. The van der Waals surface area contributed by atoms with Gasteiger partial charge in [0.2, 0.25) is 0 Å². The van der Waals surface area contributed by atoms with Crippen LogP contribution in [-0.2, 0) is 0 Å². The summed E-state index contributed by atoms with van der Waals surface area (Å²) in [6.07, 6.45) is 0. The van der Waals surface area contributed by atoms with Crippen molar-refractivity contribution < 1.29 is 4.74 Å². The van der Waals surface area contributed by atoms with Crippen molar-refractivity contribution in [3.63, 3.8) is 0 Å². The summed E-state index contributed by atoms with van der Waals surface area (Å²) in [7, 11) is 1.62. The number of hydrogen-bond donors (Lipinski definition) is 0. The van der Waals surface area contributed by atoms with Gasteiger partial charge in [0.1, 0.15) is 5.75 Å². The van der Waals surface area contributed by atoms with Crippen LogP contribution in [0.3, 0.4) is 0 Å². The van der Waals surface area contributed by atoms with Crippen molar-refractivity contribution in [2.75, 3.05) is 12.9 Å². The third-order valence-corrected chi connectivity index (χ3v) is 5.42. The topological polar surface area (TPSA) is 44.1 Å². The summed E-state index contributed by atoms with van der Waals surface area (Å²) >= 11 is 3.72. The molecule has 25 heavy (non-hydrogen) atoms. The maximum Gasteiger partial charge on any atom is 0.266 e. The minimum absolute atomic E-state index is 0.0714. The van der Waals surface area contributed by atoms with Gasteiger partial charge in [0.05, 0.1) is 23.7 Å². The van der Waals surface area contributed by atoms with Gasteiger partial charge in [-0.15, -0.1) is 0 Å². The third-order valence-electron chi connectivity index (χ3n) is 3.58. The Balaban J connectivity index is 2.24. The average molecular weight is 464 g/mol. The first-order valence-electron chi connectivity index (χ1n) is 7.63. The van der Waals surface area contributed by atoms with Crippen LogP contribution in [0.15, 0.2) is 64.6 Å². The molecule has 0 atom stereocenters. The van der Waals surface area contributed by atoms with E-state index in [-0.39, 0.29) is 5.56 Å². The Labute approximate surface area is 164 Å². The molecule has 6 heteroatoms. The monoisotopic (exact) mass is 464 g/mol. The van der Waals surface area contributed by atoms with E-state index in [9.17, 15) is 4.79 Å². The lowest BCUT2D eigenvalue weighted by molar-refractivity contribution is 0.414.